The second-order valence-electron chi connectivity index (χ2n) is 6.11. The molecule has 0 spiro atoms. The van der Waals surface area contributed by atoms with Crippen LogP contribution >= 0.6 is 0 Å². The van der Waals surface area contributed by atoms with E-state index in [2.05, 4.69) is 4.90 Å². The van der Waals surface area contributed by atoms with E-state index in [0.29, 0.717) is 38.4 Å². The zero-order valence-electron chi connectivity index (χ0n) is 14.8. The molecule has 1 atom stereocenters. The van der Waals surface area contributed by atoms with Crippen molar-refractivity contribution < 1.29 is 19.4 Å². The van der Waals surface area contributed by atoms with Crippen molar-refractivity contribution in [1.82, 2.24) is 9.80 Å². The zero-order valence-corrected chi connectivity index (χ0v) is 14.8. The van der Waals surface area contributed by atoms with Crippen LogP contribution in [0.4, 0.5) is 0 Å². The van der Waals surface area contributed by atoms with E-state index in [1.165, 1.54) is 0 Å². The number of hydrogen-bond acceptors (Lipinski definition) is 5. The molecule has 0 bridgehead atoms. The van der Waals surface area contributed by atoms with Crippen molar-refractivity contribution in [3.8, 4) is 5.75 Å². The summed E-state index contributed by atoms with van der Waals surface area (Å²) in [6, 6.07) is 5.49. The van der Waals surface area contributed by atoms with E-state index >= 15 is 0 Å². The lowest BCUT2D eigenvalue weighted by Crippen LogP contribution is -2.50. The van der Waals surface area contributed by atoms with Crippen LogP contribution in [0.15, 0.2) is 18.2 Å². The van der Waals surface area contributed by atoms with Gasteiger partial charge in [-0.2, -0.15) is 0 Å². The van der Waals surface area contributed by atoms with Gasteiger partial charge in [0, 0.05) is 50.5 Å². The van der Waals surface area contributed by atoms with Crippen LogP contribution in [0.25, 0.3) is 0 Å². The summed E-state index contributed by atoms with van der Waals surface area (Å²) in [6.07, 6.45) is -0.338. The first-order valence-corrected chi connectivity index (χ1v) is 8.49. The fraction of sp³-hybridized carbons (Fsp3) is 0.611. The summed E-state index contributed by atoms with van der Waals surface area (Å²) in [5, 5.41) is 9.46. The standard InChI is InChI=1S/C18H28N2O4/c1-4-24-13-16-11-15(5-6-17(16)23-3)18(22)20-9-7-19(8-10-20)12-14(2)21/h5-6,11,14,21H,4,7-10,12-13H2,1-3H3. The van der Waals surface area contributed by atoms with Gasteiger partial charge in [0.05, 0.1) is 19.8 Å². The van der Waals surface area contributed by atoms with Crippen molar-refractivity contribution in [2.45, 2.75) is 26.6 Å². The molecule has 1 amide bonds. The number of rotatable bonds is 7. The van der Waals surface area contributed by atoms with Gasteiger partial charge in [-0.3, -0.25) is 9.69 Å². The van der Waals surface area contributed by atoms with Gasteiger partial charge in [-0.15, -0.1) is 0 Å². The van der Waals surface area contributed by atoms with Crippen LogP contribution in [0.2, 0.25) is 0 Å². The fourth-order valence-corrected chi connectivity index (χ4v) is 2.93. The molecule has 6 heteroatoms. The third-order valence-electron chi connectivity index (χ3n) is 4.17. The Balaban J connectivity index is 2.02. The number of methoxy groups -OCH3 is 1. The second kappa shape index (κ2) is 9.01. The molecule has 134 valence electrons. The average Bonchev–Trinajstić information content (AvgIpc) is 2.59. The van der Waals surface area contributed by atoms with Crippen molar-refractivity contribution in [2.24, 2.45) is 0 Å². The summed E-state index contributed by atoms with van der Waals surface area (Å²) in [7, 11) is 1.62. The minimum absolute atomic E-state index is 0.0344. The Bertz CT molecular complexity index is 540. The zero-order chi connectivity index (χ0) is 17.5. The van der Waals surface area contributed by atoms with Crippen LogP contribution in [0.1, 0.15) is 29.8 Å². The lowest BCUT2D eigenvalue weighted by atomic mass is 10.1. The molecule has 1 aromatic carbocycles. The summed E-state index contributed by atoms with van der Waals surface area (Å²) < 4.78 is 10.8. The summed E-state index contributed by atoms with van der Waals surface area (Å²) in [5.74, 6) is 0.772. The quantitative estimate of drug-likeness (QED) is 0.815. The predicted octanol–water partition coefficient (Wildman–Crippen LogP) is 1.37. The Morgan fingerprint density at radius 1 is 1.29 bits per heavy atom. The molecule has 1 heterocycles. The number of amides is 1. The van der Waals surface area contributed by atoms with Crippen molar-refractivity contribution in [3.05, 3.63) is 29.3 Å². The molecule has 24 heavy (non-hydrogen) atoms. The summed E-state index contributed by atoms with van der Waals surface area (Å²) in [6.45, 7) is 8.37. The Kier molecular flexibility index (Phi) is 7.02. The molecule has 1 fully saturated rings. The van der Waals surface area contributed by atoms with Gasteiger partial charge in [0.25, 0.3) is 5.91 Å². The Morgan fingerprint density at radius 3 is 2.58 bits per heavy atom. The minimum atomic E-state index is -0.338. The molecule has 1 saturated heterocycles. The van der Waals surface area contributed by atoms with E-state index in [1.54, 1.807) is 20.1 Å². The van der Waals surface area contributed by atoms with E-state index in [9.17, 15) is 9.90 Å². The van der Waals surface area contributed by atoms with Crippen molar-refractivity contribution in [1.29, 1.82) is 0 Å². The van der Waals surface area contributed by atoms with Crippen LogP contribution in [0.5, 0.6) is 5.75 Å². The molecule has 0 aliphatic carbocycles. The molecule has 1 aliphatic heterocycles. The number of hydrogen-bond donors (Lipinski definition) is 1. The maximum atomic E-state index is 12.7. The third-order valence-corrected chi connectivity index (χ3v) is 4.17. The number of β-amino-alcohol motifs (C(OH)–C–C–N with tert-alkyl or cyclic N) is 1. The van der Waals surface area contributed by atoms with Gasteiger partial charge in [-0.25, -0.2) is 0 Å². The number of nitrogens with zero attached hydrogens (tertiary/aromatic N) is 2. The number of benzene rings is 1. The highest BCUT2D eigenvalue weighted by Crippen LogP contribution is 2.22. The van der Waals surface area contributed by atoms with Gasteiger partial charge in [0.15, 0.2) is 0 Å². The van der Waals surface area contributed by atoms with Gasteiger partial charge in [-0.1, -0.05) is 0 Å². The van der Waals surface area contributed by atoms with E-state index in [0.717, 1.165) is 24.4 Å². The van der Waals surface area contributed by atoms with Crippen LogP contribution in [0.3, 0.4) is 0 Å². The van der Waals surface area contributed by atoms with E-state index < -0.39 is 0 Å². The largest absolute Gasteiger partial charge is 0.496 e. The molecule has 1 aliphatic rings. The van der Waals surface area contributed by atoms with Crippen LogP contribution in [-0.4, -0.2) is 73.4 Å². The molecule has 1 unspecified atom stereocenters. The lowest BCUT2D eigenvalue weighted by Gasteiger charge is -2.35. The molecule has 2 rings (SSSR count). The first-order valence-electron chi connectivity index (χ1n) is 8.49. The summed E-state index contributed by atoms with van der Waals surface area (Å²) >= 11 is 0. The Hall–Kier alpha value is -1.63. The Morgan fingerprint density at radius 2 is 2.00 bits per heavy atom. The highest BCUT2D eigenvalue weighted by molar-refractivity contribution is 5.94. The van der Waals surface area contributed by atoms with Gasteiger partial charge >= 0.3 is 0 Å². The molecule has 1 N–H and O–H groups in total. The number of carbonyl (C=O) groups excluding carboxylic acids is 1. The van der Waals surface area contributed by atoms with Gasteiger partial charge in [0.2, 0.25) is 0 Å². The maximum Gasteiger partial charge on any atom is 0.253 e. The first-order chi connectivity index (χ1) is 11.5. The topological polar surface area (TPSA) is 62.2 Å². The van der Waals surface area contributed by atoms with Gasteiger partial charge in [-0.05, 0) is 32.0 Å². The average molecular weight is 336 g/mol. The molecule has 1 aromatic rings. The van der Waals surface area contributed by atoms with Gasteiger partial charge < -0.3 is 19.5 Å². The van der Waals surface area contributed by atoms with Gasteiger partial charge in [0.1, 0.15) is 5.75 Å². The molecular formula is C18H28N2O4. The molecule has 0 saturated carbocycles. The minimum Gasteiger partial charge on any atom is -0.496 e. The monoisotopic (exact) mass is 336 g/mol. The van der Waals surface area contributed by atoms with Crippen LogP contribution in [0, 0.1) is 0 Å². The molecular weight excluding hydrogens is 308 g/mol. The fourth-order valence-electron chi connectivity index (χ4n) is 2.93. The van der Waals surface area contributed by atoms with E-state index in [4.69, 9.17) is 9.47 Å². The number of piperazine rings is 1. The highest BCUT2D eigenvalue weighted by atomic mass is 16.5. The lowest BCUT2D eigenvalue weighted by molar-refractivity contribution is 0.0554. The number of aliphatic hydroxyl groups is 1. The second-order valence-corrected chi connectivity index (χ2v) is 6.11. The molecule has 6 nitrogen and oxygen atoms in total. The number of ether oxygens (including phenoxy) is 2. The van der Waals surface area contributed by atoms with Crippen molar-refractivity contribution in [2.75, 3.05) is 46.4 Å². The molecule has 0 radical (unpaired) electrons. The highest BCUT2D eigenvalue weighted by Gasteiger charge is 2.23. The number of aliphatic hydroxyl groups excluding tert-OH is 1. The number of carbonyl (C=O) groups is 1. The van der Waals surface area contributed by atoms with Crippen molar-refractivity contribution >= 4 is 5.91 Å². The predicted molar refractivity (Wildman–Crippen MR) is 92.3 cm³/mol. The van der Waals surface area contributed by atoms with Crippen molar-refractivity contribution in [3.63, 3.8) is 0 Å². The smallest absolute Gasteiger partial charge is 0.253 e. The van der Waals surface area contributed by atoms with Crippen LogP contribution in [-0.2, 0) is 11.3 Å². The van der Waals surface area contributed by atoms with Crippen LogP contribution < -0.4 is 4.74 Å². The Labute approximate surface area is 144 Å². The normalized spacial score (nSPS) is 16.9. The first kappa shape index (κ1) is 18.7. The van der Waals surface area contributed by atoms with E-state index in [-0.39, 0.29) is 12.0 Å². The van der Waals surface area contributed by atoms with E-state index in [1.807, 2.05) is 24.0 Å². The maximum absolute atomic E-state index is 12.7. The molecule has 0 aromatic heterocycles. The third kappa shape index (κ3) is 4.93. The summed E-state index contributed by atoms with van der Waals surface area (Å²) in [5.41, 5.74) is 1.55. The summed E-state index contributed by atoms with van der Waals surface area (Å²) in [4.78, 5) is 16.8. The SMILES string of the molecule is CCOCc1cc(C(=O)N2CCN(CC(C)O)CC2)ccc1OC.